The Labute approximate surface area is 130 Å². The molecule has 1 aromatic carbocycles. The molecule has 0 bridgehead atoms. The largest absolute Gasteiger partial charge is 0.389 e. The molecule has 7 heteroatoms. The van der Waals surface area contributed by atoms with Gasteiger partial charge in [-0.15, -0.1) is 0 Å². The molecule has 0 fully saturated rings. The number of carbonyl (C=O) groups excluding carboxylic acids is 1. The molecular formula is C13H13BrN4OS. The maximum atomic E-state index is 11.8. The molecule has 0 aliphatic rings. The van der Waals surface area contributed by atoms with Crippen LogP contribution in [0.25, 0.3) is 0 Å². The molecule has 2 rings (SSSR count). The zero-order valence-electron chi connectivity index (χ0n) is 10.5. The Morgan fingerprint density at radius 1 is 1.50 bits per heavy atom. The van der Waals surface area contributed by atoms with Gasteiger partial charge in [-0.05, 0) is 28.1 Å². The van der Waals surface area contributed by atoms with Gasteiger partial charge in [-0.1, -0.05) is 24.4 Å². The van der Waals surface area contributed by atoms with Crippen LogP contribution in [0.2, 0.25) is 0 Å². The summed E-state index contributed by atoms with van der Waals surface area (Å²) in [6, 6.07) is 7.16. The fourth-order valence-electron chi connectivity index (χ4n) is 1.65. The van der Waals surface area contributed by atoms with Gasteiger partial charge in [0.2, 0.25) is 5.91 Å². The van der Waals surface area contributed by atoms with Gasteiger partial charge in [-0.3, -0.25) is 9.48 Å². The number of anilines is 1. The summed E-state index contributed by atoms with van der Waals surface area (Å²) >= 11 is 8.21. The molecule has 3 N–H and O–H groups in total. The average molecular weight is 353 g/mol. The van der Waals surface area contributed by atoms with Gasteiger partial charge in [0.15, 0.2) is 0 Å². The van der Waals surface area contributed by atoms with E-state index in [1.165, 1.54) is 0 Å². The third-order valence-corrected chi connectivity index (χ3v) is 3.25. The predicted molar refractivity (Wildman–Crippen MR) is 85.5 cm³/mol. The molecule has 0 saturated heterocycles. The molecule has 5 nitrogen and oxygen atoms in total. The Morgan fingerprint density at radius 3 is 2.95 bits per heavy atom. The van der Waals surface area contributed by atoms with Crippen LogP contribution >= 0.6 is 28.1 Å². The van der Waals surface area contributed by atoms with Crippen molar-refractivity contribution in [2.24, 2.45) is 5.73 Å². The van der Waals surface area contributed by atoms with Crippen LogP contribution < -0.4 is 11.1 Å². The fraction of sp³-hybridized carbons (Fsp3) is 0.154. The van der Waals surface area contributed by atoms with E-state index in [9.17, 15) is 4.79 Å². The van der Waals surface area contributed by atoms with E-state index in [2.05, 4.69) is 26.3 Å². The molecular weight excluding hydrogens is 340 g/mol. The van der Waals surface area contributed by atoms with Crippen molar-refractivity contribution < 1.29 is 4.79 Å². The summed E-state index contributed by atoms with van der Waals surface area (Å²) < 4.78 is 2.59. The van der Waals surface area contributed by atoms with Crippen LogP contribution in [-0.2, 0) is 11.3 Å². The smallest absolute Gasteiger partial charge is 0.226 e. The zero-order valence-corrected chi connectivity index (χ0v) is 12.9. The standard InChI is InChI=1S/C13H13BrN4OS/c14-10-7-16-18(8-10)5-4-12(19)17-11-3-1-2-9(6-11)13(15)20/h1-3,6-8H,4-5H2,(H2,15,20)(H,17,19). The van der Waals surface area contributed by atoms with Crippen LogP contribution in [0.15, 0.2) is 41.1 Å². The first-order valence-corrected chi connectivity index (χ1v) is 7.12. The summed E-state index contributed by atoms with van der Waals surface area (Å²) in [5.41, 5.74) is 6.97. The van der Waals surface area contributed by atoms with Crippen LogP contribution in [0.5, 0.6) is 0 Å². The Hall–Kier alpha value is -1.73. The highest BCUT2D eigenvalue weighted by Crippen LogP contribution is 2.11. The number of nitrogens with one attached hydrogen (secondary N) is 1. The predicted octanol–water partition coefficient (Wildman–Crippen LogP) is 2.31. The maximum Gasteiger partial charge on any atom is 0.226 e. The van der Waals surface area contributed by atoms with Crippen molar-refractivity contribution in [3.05, 3.63) is 46.7 Å². The second-order valence-corrected chi connectivity index (χ2v) is 5.52. The fourth-order valence-corrected chi connectivity index (χ4v) is 2.11. The van der Waals surface area contributed by atoms with Crippen LogP contribution in [0, 0.1) is 0 Å². The zero-order chi connectivity index (χ0) is 14.5. The normalized spacial score (nSPS) is 10.2. The lowest BCUT2D eigenvalue weighted by molar-refractivity contribution is -0.116. The first kappa shape index (κ1) is 14.7. The number of nitrogens with zero attached hydrogens (tertiary/aromatic N) is 2. The molecule has 0 radical (unpaired) electrons. The SMILES string of the molecule is NC(=S)c1cccc(NC(=O)CCn2cc(Br)cn2)c1. The van der Waals surface area contributed by atoms with E-state index in [1.54, 1.807) is 35.1 Å². The van der Waals surface area contributed by atoms with E-state index in [0.717, 1.165) is 10.0 Å². The molecule has 0 saturated carbocycles. The van der Waals surface area contributed by atoms with Gasteiger partial charge < -0.3 is 11.1 Å². The molecule has 0 aliphatic heterocycles. The van der Waals surface area contributed by atoms with Crippen LogP contribution in [0.4, 0.5) is 5.69 Å². The maximum absolute atomic E-state index is 11.8. The van der Waals surface area contributed by atoms with E-state index in [4.69, 9.17) is 18.0 Å². The van der Waals surface area contributed by atoms with Crippen molar-refractivity contribution >= 4 is 44.7 Å². The highest BCUT2D eigenvalue weighted by Gasteiger charge is 2.05. The first-order valence-electron chi connectivity index (χ1n) is 5.92. The quantitative estimate of drug-likeness (QED) is 0.809. The number of aryl methyl sites for hydroxylation is 1. The molecule has 20 heavy (non-hydrogen) atoms. The number of amides is 1. The number of hydrogen-bond donors (Lipinski definition) is 2. The first-order chi connectivity index (χ1) is 9.54. The third kappa shape index (κ3) is 4.14. The molecule has 0 atom stereocenters. The highest BCUT2D eigenvalue weighted by molar-refractivity contribution is 9.10. The Morgan fingerprint density at radius 2 is 2.30 bits per heavy atom. The van der Waals surface area contributed by atoms with Crippen LogP contribution in [-0.4, -0.2) is 20.7 Å². The number of nitrogens with two attached hydrogens (primary N) is 1. The number of hydrogen-bond acceptors (Lipinski definition) is 3. The van der Waals surface area contributed by atoms with Gasteiger partial charge in [0, 0.05) is 30.4 Å². The lowest BCUT2D eigenvalue weighted by Gasteiger charge is -2.07. The molecule has 104 valence electrons. The van der Waals surface area contributed by atoms with Crippen LogP contribution in [0.3, 0.4) is 0 Å². The van der Waals surface area contributed by atoms with Crippen molar-refractivity contribution in [2.45, 2.75) is 13.0 Å². The molecule has 2 aromatic rings. The summed E-state index contributed by atoms with van der Waals surface area (Å²) in [6.45, 7) is 0.520. The lowest BCUT2D eigenvalue weighted by Crippen LogP contribution is -2.15. The van der Waals surface area contributed by atoms with Crippen molar-refractivity contribution in [1.29, 1.82) is 0 Å². The topological polar surface area (TPSA) is 72.9 Å². The van der Waals surface area contributed by atoms with Gasteiger partial charge in [0.25, 0.3) is 0 Å². The molecule has 0 unspecified atom stereocenters. The highest BCUT2D eigenvalue weighted by atomic mass is 79.9. The molecule has 1 heterocycles. The van der Waals surface area contributed by atoms with E-state index >= 15 is 0 Å². The Bertz CT molecular complexity index is 641. The van der Waals surface area contributed by atoms with Gasteiger partial charge in [-0.2, -0.15) is 5.10 Å². The number of carbonyl (C=O) groups is 1. The average Bonchev–Trinajstić information content (AvgIpc) is 2.82. The Balaban J connectivity index is 1.91. The number of thiocarbonyl (C=S) groups is 1. The van der Waals surface area contributed by atoms with E-state index in [1.807, 2.05) is 6.20 Å². The van der Waals surface area contributed by atoms with Crippen molar-refractivity contribution in [2.75, 3.05) is 5.32 Å². The number of halogens is 1. The number of rotatable bonds is 5. The van der Waals surface area contributed by atoms with E-state index in [-0.39, 0.29) is 5.91 Å². The lowest BCUT2D eigenvalue weighted by atomic mass is 10.2. The molecule has 0 spiro atoms. The van der Waals surface area contributed by atoms with Crippen molar-refractivity contribution in [3.63, 3.8) is 0 Å². The molecule has 1 amide bonds. The summed E-state index contributed by atoms with van der Waals surface area (Å²) in [4.78, 5) is 12.2. The minimum absolute atomic E-state index is 0.0864. The van der Waals surface area contributed by atoms with E-state index in [0.29, 0.717) is 23.6 Å². The molecule has 1 aromatic heterocycles. The van der Waals surface area contributed by atoms with E-state index < -0.39 is 0 Å². The number of benzene rings is 1. The van der Waals surface area contributed by atoms with Gasteiger partial charge in [0.05, 0.1) is 10.7 Å². The Kier molecular flexibility index (Phi) is 4.86. The van der Waals surface area contributed by atoms with Gasteiger partial charge in [-0.25, -0.2) is 0 Å². The number of aromatic nitrogens is 2. The second-order valence-electron chi connectivity index (χ2n) is 4.16. The van der Waals surface area contributed by atoms with Crippen molar-refractivity contribution in [3.8, 4) is 0 Å². The third-order valence-electron chi connectivity index (χ3n) is 2.60. The van der Waals surface area contributed by atoms with Gasteiger partial charge in [0.1, 0.15) is 4.99 Å². The van der Waals surface area contributed by atoms with Crippen molar-refractivity contribution in [1.82, 2.24) is 9.78 Å². The summed E-state index contributed by atoms with van der Waals surface area (Å²) in [6.07, 6.45) is 3.84. The minimum Gasteiger partial charge on any atom is -0.389 e. The monoisotopic (exact) mass is 352 g/mol. The second kappa shape index (κ2) is 6.62. The molecule has 0 aliphatic carbocycles. The summed E-state index contributed by atoms with van der Waals surface area (Å²) in [5.74, 6) is -0.0864. The summed E-state index contributed by atoms with van der Waals surface area (Å²) in [7, 11) is 0. The summed E-state index contributed by atoms with van der Waals surface area (Å²) in [5, 5.41) is 6.90. The van der Waals surface area contributed by atoms with Crippen LogP contribution in [0.1, 0.15) is 12.0 Å². The van der Waals surface area contributed by atoms with Gasteiger partial charge >= 0.3 is 0 Å². The minimum atomic E-state index is -0.0864.